The van der Waals surface area contributed by atoms with E-state index in [1.165, 1.54) is 0 Å². The van der Waals surface area contributed by atoms with E-state index >= 15 is 0 Å². The quantitative estimate of drug-likeness (QED) is 0.834. The van der Waals surface area contributed by atoms with E-state index in [2.05, 4.69) is 5.32 Å². The first kappa shape index (κ1) is 17.0. The van der Waals surface area contributed by atoms with Crippen molar-refractivity contribution in [2.75, 3.05) is 17.3 Å². The van der Waals surface area contributed by atoms with Gasteiger partial charge in [0.1, 0.15) is 0 Å². The van der Waals surface area contributed by atoms with Crippen LogP contribution in [0.5, 0.6) is 0 Å². The summed E-state index contributed by atoms with van der Waals surface area (Å²) in [7, 11) is -6.29. The predicted molar refractivity (Wildman–Crippen MR) is 92.5 cm³/mol. The van der Waals surface area contributed by atoms with E-state index < -0.39 is 25.1 Å². The molecule has 0 bridgehead atoms. The zero-order valence-corrected chi connectivity index (χ0v) is 15.5. The van der Waals surface area contributed by atoms with Gasteiger partial charge in [-0.2, -0.15) is 0 Å². The number of sulfone groups is 2. The minimum Gasteiger partial charge on any atom is -0.352 e. The molecule has 0 spiro atoms. The lowest BCUT2D eigenvalue weighted by Gasteiger charge is -2.26. The molecule has 0 radical (unpaired) electrons. The van der Waals surface area contributed by atoms with Gasteiger partial charge in [-0.3, -0.25) is 4.79 Å². The molecule has 1 amide bonds. The Hall–Kier alpha value is -1.41. The lowest BCUT2D eigenvalue weighted by Crippen LogP contribution is -2.43. The fourth-order valence-electron chi connectivity index (χ4n) is 4.65. The summed E-state index contributed by atoms with van der Waals surface area (Å²) in [5, 5.41) is 2.90. The second kappa shape index (κ2) is 5.54. The Balaban J connectivity index is 1.50. The zero-order chi connectivity index (χ0) is 17.9. The van der Waals surface area contributed by atoms with Crippen molar-refractivity contribution in [3.8, 4) is 0 Å². The highest BCUT2D eigenvalue weighted by atomic mass is 32.2. The molecule has 2 fully saturated rings. The molecule has 1 aromatic carbocycles. The van der Waals surface area contributed by atoms with Gasteiger partial charge in [0.2, 0.25) is 5.91 Å². The van der Waals surface area contributed by atoms with Crippen LogP contribution in [0.2, 0.25) is 0 Å². The molecule has 4 rings (SSSR count). The van der Waals surface area contributed by atoms with Crippen LogP contribution in [0.4, 0.5) is 0 Å². The molecule has 1 aromatic rings. The van der Waals surface area contributed by atoms with Gasteiger partial charge >= 0.3 is 0 Å². The maximum Gasteiger partial charge on any atom is 0.227 e. The van der Waals surface area contributed by atoms with Crippen LogP contribution < -0.4 is 5.32 Å². The third kappa shape index (κ3) is 2.79. The maximum atomic E-state index is 12.8. The van der Waals surface area contributed by atoms with Crippen molar-refractivity contribution in [3.05, 3.63) is 29.3 Å². The highest BCUT2D eigenvalue weighted by molar-refractivity contribution is 7.92. The minimum absolute atomic E-state index is 0.0427. The number of carbonyl (C=O) groups is 1. The predicted octanol–water partition coefficient (Wildman–Crippen LogP) is 0.848. The van der Waals surface area contributed by atoms with Gasteiger partial charge in [-0.25, -0.2) is 16.8 Å². The molecule has 1 aliphatic carbocycles. The van der Waals surface area contributed by atoms with E-state index in [1.54, 1.807) is 12.1 Å². The Kier molecular flexibility index (Phi) is 3.77. The lowest BCUT2D eigenvalue weighted by molar-refractivity contribution is -0.131. The molecule has 2 unspecified atom stereocenters. The molecule has 3 aliphatic rings. The summed E-state index contributed by atoms with van der Waals surface area (Å²) in [5.74, 6) is -0.0245. The third-order valence-electron chi connectivity index (χ3n) is 5.89. The van der Waals surface area contributed by atoms with Gasteiger partial charge in [0.25, 0.3) is 0 Å². The van der Waals surface area contributed by atoms with Gasteiger partial charge in [0.15, 0.2) is 19.7 Å². The van der Waals surface area contributed by atoms with Gasteiger partial charge < -0.3 is 5.32 Å². The Morgan fingerprint density at radius 3 is 2.84 bits per heavy atom. The van der Waals surface area contributed by atoms with Gasteiger partial charge in [-0.1, -0.05) is 18.6 Å². The van der Waals surface area contributed by atoms with Gasteiger partial charge in [0.05, 0.1) is 27.6 Å². The number of rotatable bonds is 3. The Bertz CT molecular complexity index is 951. The summed E-state index contributed by atoms with van der Waals surface area (Å²) < 4.78 is 47.7. The first-order chi connectivity index (χ1) is 11.7. The molecule has 2 aliphatic heterocycles. The van der Waals surface area contributed by atoms with E-state index in [0.717, 1.165) is 24.0 Å². The van der Waals surface area contributed by atoms with Gasteiger partial charge in [-0.05, 0) is 42.4 Å². The first-order valence-electron chi connectivity index (χ1n) is 8.55. The summed E-state index contributed by atoms with van der Waals surface area (Å²) in [6.45, 7) is 0.292. The number of benzene rings is 1. The molecule has 6 nitrogen and oxygen atoms in total. The second-order valence-corrected chi connectivity index (χ2v) is 11.7. The number of amides is 1. The summed E-state index contributed by atoms with van der Waals surface area (Å²) in [6, 6.07) is 5.16. The second-order valence-electron chi connectivity index (χ2n) is 7.49. The topological polar surface area (TPSA) is 97.4 Å². The van der Waals surface area contributed by atoms with Crippen molar-refractivity contribution in [3.63, 3.8) is 0 Å². The number of carbonyl (C=O) groups excluding carboxylic acids is 1. The van der Waals surface area contributed by atoms with Crippen LogP contribution >= 0.6 is 0 Å². The molecule has 2 atom stereocenters. The summed E-state index contributed by atoms with van der Waals surface area (Å²) in [5.41, 5.74) is 0.877. The fourth-order valence-corrected chi connectivity index (χ4v) is 8.71. The first-order valence-corrected chi connectivity index (χ1v) is 12.0. The number of hydrogen-bond donors (Lipinski definition) is 1. The third-order valence-corrected chi connectivity index (χ3v) is 9.57. The number of fused-ring (bicyclic) bond motifs is 2. The molecule has 0 aromatic heterocycles. The number of nitrogens with one attached hydrogen (secondary N) is 1. The van der Waals surface area contributed by atoms with Crippen LogP contribution in [0.3, 0.4) is 0 Å². The molecule has 136 valence electrons. The van der Waals surface area contributed by atoms with Crippen molar-refractivity contribution in [1.82, 2.24) is 5.32 Å². The highest BCUT2D eigenvalue weighted by Gasteiger charge is 2.57. The molecule has 2 heterocycles. The van der Waals surface area contributed by atoms with Crippen LogP contribution in [0.15, 0.2) is 23.1 Å². The van der Waals surface area contributed by atoms with E-state index in [0.29, 0.717) is 24.3 Å². The summed E-state index contributed by atoms with van der Waals surface area (Å²) in [6.07, 6.45) is 2.82. The molecule has 1 saturated carbocycles. The molecule has 8 heteroatoms. The SMILES string of the molecule is O=C(NCc1ccc2c(c1)CCS2(=O)=O)C12CCCC1CS(=O)(=O)C2. The van der Waals surface area contributed by atoms with Crippen LogP contribution in [0, 0.1) is 11.3 Å². The van der Waals surface area contributed by atoms with Crippen molar-refractivity contribution in [2.45, 2.75) is 37.1 Å². The molecule has 1 N–H and O–H groups in total. The monoisotopic (exact) mass is 383 g/mol. The van der Waals surface area contributed by atoms with Crippen LogP contribution in [0.25, 0.3) is 0 Å². The van der Waals surface area contributed by atoms with Crippen LogP contribution in [0.1, 0.15) is 30.4 Å². The molecule has 25 heavy (non-hydrogen) atoms. The van der Waals surface area contributed by atoms with E-state index in [-0.39, 0.29) is 29.1 Å². The van der Waals surface area contributed by atoms with E-state index in [4.69, 9.17) is 0 Å². The highest BCUT2D eigenvalue weighted by Crippen LogP contribution is 2.50. The molecule has 1 saturated heterocycles. The van der Waals surface area contributed by atoms with Crippen molar-refractivity contribution >= 4 is 25.6 Å². The summed E-state index contributed by atoms with van der Waals surface area (Å²) in [4.78, 5) is 13.2. The average Bonchev–Trinajstić information content (AvgIpc) is 3.13. The smallest absolute Gasteiger partial charge is 0.227 e. The number of hydrogen-bond acceptors (Lipinski definition) is 5. The Morgan fingerprint density at radius 2 is 2.04 bits per heavy atom. The van der Waals surface area contributed by atoms with E-state index in [1.807, 2.05) is 6.07 Å². The number of aryl methyl sites for hydroxylation is 1. The maximum absolute atomic E-state index is 12.8. The van der Waals surface area contributed by atoms with Gasteiger partial charge in [-0.15, -0.1) is 0 Å². The van der Waals surface area contributed by atoms with E-state index in [9.17, 15) is 21.6 Å². The Morgan fingerprint density at radius 1 is 1.24 bits per heavy atom. The Labute approximate surface area is 147 Å². The molecular formula is C17H21NO5S2. The molecular weight excluding hydrogens is 362 g/mol. The normalized spacial score (nSPS) is 31.4. The largest absolute Gasteiger partial charge is 0.352 e. The van der Waals surface area contributed by atoms with Crippen LogP contribution in [-0.2, 0) is 37.4 Å². The average molecular weight is 383 g/mol. The minimum atomic E-state index is -3.15. The van der Waals surface area contributed by atoms with Crippen molar-refractivity contribution < 1.29 is 21.6 Å². The standard InChI is InChI=1S/C17H21NO5S2/c19-16(17-6-1-2-14(17)10-24(20,21)11-17)18-9-12-3-4-15-13(8-12)5-7-25(15,22)23/h3-4,8,14H,1-2,5-7,9-11H2,(H,18,19). The lowest BCUT2D eigenvalue weighted by atomic mass is 9.80. The van der Waals surface area contributed by atoms with Crippen molar-refractivity contribution in [1.29, 1.82) is 0 Å². The van der Waals surface area contributed by atoms with Gasteiger partial charge in [0, 0.05) is 6.54 Å². The summed E-state index contributed by atoms with van der Waals surface area (Å²) >= 11 is 0. The van der Waals surface area contributed by atoms with Crippen LogP contribution in [-0.4, -0.2) is 40.0 Å². The fraction of sp³-hybridized carbons (Fsp3) is 0.588. The van der Waals surface area contributed by atoms with Crippen molar-refractivity contribution in [2.24, 2.45) is 11.3 Å². The zero-order valence-electron chi connectivity index (χ0n) is 13.8.